The van der Waals surface area contributed by atoms with Gasteiger partial charge in [0.05, 0.1) is 28.4 Å². The van der Waals surface area contributed by atoms with Crippen molar-refractivity contribution in [3.8, 4) is 23.0 Å². The van der Waals surface area contributed by atoms with E-state index in [1.54, 1.807) is 14.2 Å². The van der Waals surface area contributed by atoms with E-state index in [1.807, 2.05) is 30.3 Å². The molecule has 3 rings (SSSR count). The molecular weight excluding hydrogens is 350 g/mol. The van der Waals surface area contributed by atoms with Gasteiger partial charge in [0.15, 0.2) is 11.5 Å². The van der Waals surface area contributed by atoms with Crippen LogP contribution in [0.25, 0.3) is 0 Å². The number of aliphatic hydroxyl groups is 2. The highest BCUT2D eigenvalue weighted by Gasteiger charge is 2.33. The van der Waals surface area contributed by atoms with Crippen molar-refractivity contribution in [2.24, 2.45) is 0 Å². The van der Waals surface area contributed by atoms with E-state index in [4.69, 9.17) is 18.9 Å². The lowest BCUT2D eigenvalue weighted by molar-refractivity contribution is -0.0207. The summed E-state index contributed by atoms with van der Waals surface area (Å²) in [6.07, 6.45) is -1.54. The molecule has 1 aliphatic rings. The summed E-state index contributed by atoms with van der Waals surface area (Å²) >= 11 is 0. The van der Waals surface area contributed by atoms with Crippen LogP contribution in [0.15, 0.2) is 30.3 Å². The van der Waals surface area contributed by atoms with Crippen molar-refractivity contribution in [1.29, 1.82) is 0 Å². The van der Waals surface area contributed by atoms with Crippen LogP contribution >= 0.6 is 0 Å². The van der Waals surface area contributed by atoms with Crippen molar-refractivity contribution >= 4 is 0 Å². The third-order valence-electron chi connectivity index (χ3n) is 4.85. The maximum Gasteiger partial charge on any atom is 0.207 e. The maximum atomic E-state index is 10.3. The fourth-order valence-corrected chi connectivity index (χ4v) is 3.60. The molecule has 2 aromatic carbocycles. The fraction of sp³-hybridized carbons (Fsp3) is 0.400. The molecule has 1 heterocycles. The minimum atomic E-state index is -1.06. The average Bonchev–Trinajstić information content (AvgIpc) is 2.70. The lowest BCUT2D eigenvalue weighted by Crippen LogP contribution is -2.43. The molecule has 2 aromatic rings. The van der Waals surface area contributed by atoms with E-state index in [1.165, 1.54) is 14.2 Å². The Morgan fingerprint density at radius 3 is 2.07 bits per heavy atom. The van der Waals surface area contributed by atoms with Gasteiger partial charge in [0.1, 0.15) is 12.3 Å². The zero-order valence-corrected chi connectivity index (χ0v) is 15.9. The molecule has 27 heavy (non-hydrogen) atoms. The molecule has 0 aliphatic carbocycles. The molecule has 0 amide bonds. The van der Waals surface area contributed by atoms with Crippen LogP contribution in [0.3, 0.4) is 0 Å². The maximum absolute atomic E-state index is 10.3. The van der Waals surface area contributed by atoms with Crippen molar-refractivity contribution in [3.05, 3.63) is 47.0 Å². The van der Waals surface area contributed by atoms with Crippen molar-refractivity contribution in [3.63, 3.8) is 0 Å². The summed E-state index contributed by atoms with van der Waals surface area (Å²) in [7, 11) is 6.20. The van der Waals surface area contributed by atoms with Gasteiger partial charge in [0, 0.05) is 11.6 Å². The molecule has 1 aliphatic heterocycles. The third-order valence-corrected chi connectivity index (χ3v) is 4.85. The molecule has 0 saturated heterocycles. The predicted molar refractivity (Wildman–Crippen MR) is 99.6 cm³/mol. The Morgan fingerprint density at radius 1 is 0.852 bits per heavy atom. The third kappa shape index (κ3) is 3.41. The van der Waals surface area contributed by atoms with Gasteiger partial charge in [-0.05, 0) is 23.6 Å². The lowest BCUT2D eigenvalue weighted by Gasteiger charge is -2.34. The minimum absolute atomic E-state index is 0.226. The lowest BCUT2D eigenvalue weighted by atomic mass is 9.88. The van der Waals surface area contributed by atoms with Crippen LogP contribution in [0.4, 0.5) is 0 Å². The van der Waals surface area contributed by atoms with Crippen LogP contribution in [-0.4, -0.2) is 44.9 Å². The molecule has 0 aromatic heterocycles. The first-order valence-corrected chi connectivity index (χ1v) is 8.62. The fourth-order valence-electron chi connectivity index (χ4n) is 3.60. The molecule has 3 unspecified atom stereocenters. The largest absolute Gasteiger partial charge is 0.493 e. The van der Waals surface area contributed by atoms with E-state index in [2.05, 4.69) is 5.32 Å². The molecule has 0 saturated carbocycles. The van der Waals surface area contributed by atoms with Crippen LogP contribution < -0.4 is 24.3 Å². The zero-order chi connectivity index (χ0) is 19.6. The first-order valence-electron chi connectivity index (χ1n) is 8.62. The van der Waals surface area contributed by atoms with E-state index in [9.17, 15) is 10.2 Å². The van der Waals surface area contributed by atoms with Gasteiger partial charge >= 0.3 is 0 Å². The van der Waals surface area contributed by atoms with Gasteiger partial charge < -0.3 is 29.2 Å². The number of fused-ring (bicyclic) bond motifs is 1. The van der Waals surface area contributed by atoms with Crippen LogP contribution in [0.1, 0.15) is 28.8 Å². The zero-order valence-electron chi connectivity index (χ0n) is 15.9. The summed E-state index contributed by atoms with van der Waals surface area (Å²) in [5.74, 6) is 1.96. The van der Waals surface area contributed by atoms with Gasteiger partial charge in [-0.3, -0.25) is 5.32 Å². The highest BCUT2D eigenvalue weighted by Crippen LogP contribution is 2.48. The number of hydrogen-bond acceptors (Lipinski definition) is 7. The second-order valence-corrected chi connectivity index (χ2v) is 6.28. The number of rotatable bonds is 6. The highest BCUT2D eigenvalue weighted by molar-refractivity contribution is 5.63. The first-order chi connectivity index (χ1) is 13.0. The van der Waals surface area contributed by atoms with Crippen molar-refractivity contribution in [2.75, 3.05) is 28.4 Å². The number of hydrogen-bond donors (Lipinski definition) is 3. The van der Waals surface area contributed by atoms with Gasteiger partial charge in [-0.25, -0.2) is 0 Å². The van der Waals surface area contributed by atoms with Crippen molar-refractivity contribution < 1.29 is 29.2 Å². The van der Waals surface area contributed by atoms with Gasteiger partial charge in [-0.2, -0.15) is 0 Å². The summed E-state index contributed by atoms with van der Waals surface area (Å²) in [4.78, 5) is 0. The Bertz CT molecular complexity index is 809. The molecule has 0 fully saturated rings. The highest BCUT2D eigenvalue weighted by atomic mass is 16.5. The molecule has 0 radical (unpaired) electrons. The molecule has 146 valence electrons. The first kappa shape index (κ1) is 19.3. The smallest absolute Gasteiger partial charge is 0.207 e. The van der Waals surface area contributed by atoms with Gasteiger partial charge in [-0.1, -0.05) is 24.3 Å². The molecule has 3 N–H and O–H groups in total. The topological polar surface area (TPSA) is 89.4 Å². The Labute approximate surface area is 158 Å². The molecule has 7 heteroatoms. The van der Waals surface area contributed by atoms with Gasteiger partial charge in [0.25, 0.3) is 0 Å². The van der Waals surface area contributed by atoms with Gasteiger partial charge in [0.2, 0.25) is 11.5 Å². The predicted octanol–water partition coefficient (Wildman–Crippen LogP) is 1.96. The molecule has 0 spiro atoms. The van der Waals surface area contributed by atoms with Crippen LogP contribution in [0.2, 0.25) is 0 Å². The van der Waals surface area contributed by atoms with E-state index in [-0.39, 0.29) is 6.04 Å². The molecule has 3 atom stereocenters. The summed E-state index contributed by atoms with van der Waals surface area (Å²) in [5, 5.41) is 23.5. The Kier molecular flexibility index (Phi) is 5.74. The standard InChI is InChI=1S/C20H25NO6/c1-24-15-10-11(17(25-2)19(27-4)18(15)26-3)9-14-12-7-5-6-8-13(12)16(22)20(23)21-14/h5-8,10,14,16,20-23H,9H2,1-4H3. The second kappa shape index (κ2) is 8.04. The second-order valence-electron chi connectivity index (χ2n) is 6.28. The molecular formula is C20H25NO6. The SMILES string of the molecule is COc1cc(CC2NC(O)C(O)c3ccccc32)c(OC)c(OC)c1OC. The molecule has 0 bridgehead atoms. The monoisotopic (exact) mass is 375 g/mol. The molecule has 7 nitrogen and oxygen atoms in total. The van der Waals surface area contributed by atoms with Crippen molar-refractivity contribution in [1.82, 2.24) is 5.32 Å². The summed E-state index contributed by atoms with van der Waals surface area (Å²) in [6, 6.07) is 9.12. The van der Waals surface area contributed by atoms with E-state index >= 15 is 0 Å². The summed E-state index contributed by atoms with van der Waals surface area (Å²) in [6.45, 7) is 0. The number of aliphatic hydroxyl groups excluding tert-OH is 2. The number of ether oxygens (including phenoxy) is 4. The Morgan fingerprint density at radius 2 is 1.48 bits per heavy atom. The average molecular weight is 375 g/mol. The van der Waals surface area contributed by atoms with E-state index < -0.39 is 12.3 Å². The number of methoxy groups -OCH3 is 4. The van der Waals surface area contributed by atoms with E-state index in [0.717, 1.165) is 11.1 Å². The van der Waals surface area contributed by atoms with Crippen molar-refractivity contribution in [2.45, 2.75) is 24.8 Å². The summed E-state index contributed by atoms with van der Waals surface area (Å²) < 4.78 is 21.9. The Hall–Kier alpha value is -2.48. The van der Waals surface area contributed by atoms with Gasteiger partial charge in [-0.15, -0.1) is 0 Å². The summed E-state index contributed by atoms with van der Waals surface area (Å²) in [5.41, 5.74) is 2.45. The number of nitrogens with one attached hydrogen (secondary N) is 1. The van der Waals surface area contributed by atoms with Crippen LogP contribution in [-0.2, 0) is 6.42 Å². The number of benzene rings is 2. The Balaban J connectivity index is 2.06. The normalized spacial score (nSPS) is 21.3. The van der Waals surface area contributed by atoms with Crippen LogP contribution in [0.5, 0.6) is 23.0 Å². The minimum Gasteiger partial charge on any atom is -0.493 e. The quantitative estimate of drug-likeness (QED) is 0.711. The van der Waals surface area contributed by atoms with Crippen LogP contribution in [0, 0.1) is 0 Å². The van der Waals surface area contributed by atoms with E-state index in [0.29, 0.717) is 35.0 Å².